The molecule has 10 heteroatoms. The van der Waals surface area contributed by atoms with Crippen LogP contribution in [0.1, 0.15) is 11.5 Å². The second-order valence-electron chi connectivity index (χ2n) is 6.63. The molecule has 4 rings (SSSR count). The average molecular weight is 438 g/mol. The zero-order valence-corrected chi connectivity index (χ0v) is 17.3. The lowest BCUT2D eigenvalue weighted by atomic mass is 10.1. The van der Waals surface area contributed by atoms with Gasteiger partial charge in [0.1, 0.15) is 16.5 Å². The molecule has 1 unspecified atom stereocenters. The lowest BCUT2D eigenvalue weighted by molar-refractivity contribution is -0.137. The SMILES string of the molecule is COc1ccc(-c2nc(CNC(=O)C3C=NC(=O)N(Cc4ccco4)C3=O)cs2)cc1. The molecule has 1 aliphatic rings. The van der Waals surface area contributed by atoms with Crippen LogP contribution in [0.25, 0.3) is 10.6 Å². The van der Waals surface area contributed by atoms with E-state index in [4.69, 9.17) is 9.15 Å². The van der Waals surface area contributed by atoms with Gasteiger partial charge >= 0.3 is 6.03 Å². The lowest BCUT2D eigenvalue weighted by Gasteiger charge is -2.24. The second-order valence-corrected chi connectivity index (χ2v) is 7.49. The van der Waals surface area contributed by atoms with Gasteiger partial charge in [0.05, 0.1) is 32.2 Å². The van der Waals surface area contributed by atoms with Crippen LogP contribution in [0.15, 0.2) is 57.5 Å². The first kappa shape index (κ1) is 20.5. The van der Waals surface area contributed by atoms with Crippen LogP contribution in [0.2, 0.25) is 0 Å². The van der Waals surface area contributed by atoms with Crippen molar-refractivity contribution < 1.29 is 23.5 Å². The number of nitrogens with zero attached hydrogens (tertiary/aromatic N) is 3. The molecule has 0 radical (unpaired) electrons. The number of furan rings is 1. The minimum Gasteiger partial charge on any atom is -0.497 e. The molecule has 3 aromatic rings. The van der Waals surface area contributed by atoms with Crippen molar-refractivity contribution >= 4 is 35.4 Å². The van der Waals surface area contributed by atoms with Crippen molar-refractivity contribution in [3.05, 3.63) is 59.5 Å². The molecule has 0 saturated carbocycles. The number of aliphatic imine (C=N–C) groups is 1. The predicted molar refractivity (Wildman–Crippen MR) is 113 cm³/mol. The van der Waals surface area contributed by atoms with Gasteiger partial charge in [-0.3, -0.25) is 14.5 Å². The molecular weight excluding hydrogens is 420 g/mol. The number of hydrogen-bond donors (Lipinski definition) is 1. The smallest absolute Gasteiger partial charge is 0.350 e. The zero-order valence-electron chi connectivity index (χ0n) is 16.5. The Hall–Kier alpha value is -3.79. The number of methoxy groups -OCH3 is 1. The first-order valence-corrected chi connectivity index (χ1v) is 10.2. The molecule has 0 fully saturated rings. The number of ether oxygens (including phenoxy) is 1. The zero-order chi connectivity index (χ0) is 21.8. The molecule has 1 atom stereocenters. The summed E-state index contributed by atoms with van der Waals surface area (Å²) < 4.78 is 10.3. The molecule has 4 amide bonds. The molecule has 0 aliphatic carbocycles. The van der Waals surface area contributed by atoms with E-state index in [0.29, 0.717) is 11.5 Å². The highest BCUT2D eigenvalue weighted by molar-refractivity contribution is 7.13. The normalized spacial score (nSPS) is 15.9. The van der Waals surface area contributed by atoms with Crippen molar-refractivity contribution in [2.45, 2.75) is 13.1 Å². The third-order valence-corrected chi connectivity index (χ3v) is 5.55. The van der Waals surface area contributed by atoms with Gasteiger partial charge in [-0.05, 0) is 36.4 Å². The molecule has 31 heavy (non-hydrogen) atoms. The van der Waals surface area contributed by atoms with E-state index in [1.54, 1.807) is 19.2 Å². The van der Waals surface area contributed by atoms with Crippen LogP contribution in [0.3, 0.4) is 0 Å². The summed E-state index contributed by atoms with van der Waals surface area (Å²) in [4.78, 5) is 46.3. The van der Waals surface area contributed by atoms with Crippen molar-refractivity contribution in [3.63, 3.8) is 0 Å². The van der Waals surface area contributed by atoms with Crippen molar-refractivity contribution in [3.8, 4) is 16.3 Å². The molecular formula is C21H18N4O5S. The van der Waals surface area contributed by atoms with Gasteiger partial charge in [0.2, 0.25) is 11.8 Å². The summed E-state index contributed by atoms with van der Waals surface area (Å²) in [6.45, 7) is 0.0678. The summed E-state index contributed by atoms with van der Waals surface area (Å²) >= 11 is 1.45. The fraction of sp³-hybridized carbons (Fsp3) is 0.190. The number of hydrogen-bond acceptors (Lipinski definition) is 7. The van der Waals surface area contributed by atoms with Crippen LogP contribution in [0.5, 0.6) is 5.75 Å². The van der Waals surface area contributed by atoms with Crippen LogP contribution in [-0.4, -0.2) is 41.1 Å². The molecule has 1 aliphatic heterocycles. The van der Waals surface area contributed by atoms with Gasteiger partial charge in [-0.1, -0.05) is 0 Å². The maximum Gasteiger partial charge on any atom is 0.350 e. The van der Waals surface area contributed by atoms with Crippen molar-refractivity contribution in [2.75, 3.05) is 7.11 Å². The number of imide groups is 1. The van der Waals surface area contributed by atoms with Crippen LogP contribution in [0, 0.1) is 5.92 Å². The monoisotopic (exact) mass is 438 g/mol. The molecule has 9 nitrogen and oxygen atoms in total. The fourth-order valence-corrected chi connectivity index (χ4v) is 3.79. The second kappa shape index (κ2) is 8.92. The van der Waals surface area contributed by atoms with Crippen LogP contribution < -0.4 is 10.1 Å². The van der Waals surface area contributed by atoms with E-state index in [0.717, 1.165) is 27.4 Å². The van der Waals surface area contributed by atoms with Gasteiger partial charge in [0.25, 0.3) is 0 Å². The van der Waals surface area contributed by atoms with E-state index in [9.17, 15) is 14.4 Å². The number of aromatic nitrogens is 1. The summed E-state index contributed by atoms with van der Waals surface area (Å²) in [6, 6.07) is 10.1. The molecule has 1 aromatic carbocycles. The third-order valence-electron chi connectivity index (χ3n) is 4.61. The summed E-state index contributed by atoms with van der Waals surface area (Å²) in [5.74, 6) is -1.21. The van der Waals surface area contributed by atoms with E-state index >= 15 is 0 Å². The number of nitrogens with one attached hydrogen (secondary N) is 1. The standard InChI is InChI=1S/C21H18N4O5S/c1-29-15-6-4-13(5-7-15)19-24-14(12-31-19)9-22-18(26)17-10-23-21(28)25(20(17)27)11-16-3-2-8-30-16/h2-8,10,12,17H,9,11H2,1H3,(H,22,26). The highest BCUT2D eigenvalue weighted by atomic mass is 32.1. The number of carbonyl (C=O) groups is 3. The number of rotatable bonds is 7. The quantitative estimate of drug-likeness (QED) is 0.568. The number of benzene rings is 1. The largest absolute Gasteiger partial charge is 0.497 e. The van der Waals surface area contributed by atoms with Gasteiger partial charge in [0.15, 0.2) is 5.92 Å². The molecule has 3 heterocycles. The Kier molecular flexibility index (Phi) is 5.89. The van der Waals surface area contributed by atoms with Gasteiger partial charge in [-0.2, -0.15) is 0 Å². The minimum atomic E-state index is -1.19. The summed E-state index contributed by atoms with van der Waals surface area (Å²) in [5.41, 5.74) is 1.60. The number of amides is 4. The average Bonchev–Trinajstić information content (AvgIpc) is 3.47. The molecule has 0 spiro atoms. The Labute approximate surface area is 181 Å². The predicted octanol–water partition coefficient (Wildman–Crippen LogP) is 2.88. The van der Waals surface area contributed by atoms with E-state index < -0.39 is 23.8 Å². The Morgan fingerprint density at radius 1 is 1.26 bits per heavy atom. The minimum absolute atomic E-state index is 0.0803. The molecule has 0 saturated heterocycles. The summed E-state index contributed by atoms with van der Waals surface area (Å²) in [5, 5.41) is 5.33. The maximum absolute atomic E-state index is 12.6. The van der Waals surface area contributed by atoms with Gasteiger partial charge in [-0.25, -0.2) is 14.8 Å². The van der Waals surface area contributed by atoms with Gasteiger partial charge in [-0.15, -0.1) is 11.3 Å². The van der Waals surface area contributed by atoms with Gasteiger partial charge in [0, 0.05) is 17.2 Å². The lowest BCUT2D eigenvalue weighted by Crippen LogP contribution is -2.48. The Balaban J connectivity index is 1.38. The van der Waals surface area contributed by atoms with Gasteiger partial charge < -0.3 is 14.5 Å². The van der Waals surface area contributed by atoms with Crippen LogP contribution in [0.4, 0.5) is 4.79 Å². The number of urea groups is 1. The van der Waals surface area contributed by atoms with E-state index in [-0.39, 0.29) is 13.1 Å². The van der Waals surface area contributed by atoms with E-state index in [2.05, 4.69) is 15.3 Å². The van der Waals surface area contributed by atoms with E-state index in [1.165, 1.54) is 17.6 Å². The Morgan fingerprint density at radius 2 is 2.06 bits per heavy atom. The highest BCUT2D eigenvalue weighted by Crippen LogP contribution is 2.25. The first-order valence-electron chi connectivity index (χ1n) is 9.33. The number of thiazole rings is 1. The Morgan fingerprint density at radius 3 is 2.77 bits per heavy atom. The van der Waals surface area contributed by atoms with Crippen LogP contribution >= 0.6 is 11.3 Å². The van der Waals surface area contributed by atoms with Crippen molar-refractivity contribution in [1.29, 1.82) is 0 Å². The highest BCUT2D eigenvalue weighted by Gasteiger charge is 2.36. The molecule has 158 valence electrons. The van der Waals surface area contributed by atoms with E-state index in [1.807, 2.05) is 29.6 Å². The molecule has 2 aromatic heterocycles. The summed E-state index contributed by atoms with van der Waals surface area (Å²) in [6.07, 6.45) is 2.51. The molecule has 1 N–H and O–H groups in total. The van der Waals surface area contributed by atoms with Crippen molar-refractivity contribution in [1.82, 2.24) is 15.2 Å². The van der Waals surface area contributed by atoms with Crippen molar-refractivity contribution in [2.24, 2.45) is 10.9 Å². The third kappa shape index (κ3) is 4.53. The molecule has 0 bridgehead atoms. The number of carbonyl (C=O) groups excluding carboxylic acids is 3. The fourth-order valence-electron chi connectivity index (χ4n) is 2.96. The maximum atomic E-state index is 12.6. The van der Waals surface area contributed by atoms with Crippen LogP contribution in [-0.2, 0) is 22.7 Å². The topological polar surface area (TPSA) is 114 Å². The summed E-state index contributed by atoms with van der Waals surface area (Å²) in [7, 11) is 1.60. The first-order chi connectivity index (χ1) is 15.0. The Bertz CT molecular complexity index is 1120.